The average molecular weight is 445 g/mol. The van der Waals surface area contributed by atoms with Crippen molar-refractivity contribution in [2.24, 2.45) is 0 Å². The number of methoxy groups -OCH3 is 1. The number of nitrogens with zero attached hydrogens (tertiary/aromatic N) is 1. The van der Waals surface area contributed by atoms with Gasteiger partial charge in [-0.25, -0.2) is 4.39 Å². The molecule has 0 radical (unpaired) electrons. The van der Waals surface area contributed by atoms with E-state index in [0.717, 1.165) is 29.8 Å². The normalized spacial score (nSPS) is 16.2. The van der Waals surface area contributed by atoms with Crippen LogP contribution < -0.4 is 14.8 Å². The van der Waals surface area contributed by atoms with E-state index in [0.29, 0.717) is 31.1 Å². The van der Waals surface area contributed by atoms with Crippen LogP contribution in [0.15, 0.2) is 36.4 Å². The highest BCUT2D eigenvalue weighted by molar-refractivity contribution is 5.43. The minimum Gasteiger partial charge on any atom is -0.493 e. The maximum atomic E-state index is 13.5. The quantitative estimate of drug-likeness (QED) is 0.568. The van der Waals surface area contributed by atoms with Gasteiger partial charge < -0.3 is 24.8 Å². The van der Waals surface area contributed by atoms with Crippen molar-refractivity contribution in [3.63, 3.8) is 0 Å². The lowest BCUT2D eigenvalue weighted by Gasteiger charge is -2.26. The summed E-state index contributed by atoms with van der Waals surface area (Å²) in [7, 11) is 1.61. The predicted octanol–water partition coefficient (Wildman–Crippen LogP) is 4.44. The topological polar surface area (TPSA) is 54.0 Å². The van der Waals surface area contributed by atoms with Crippen molar-refractivity contribution >= 4 is 0 Å². The first kappa shape index (κ1) is 24.5. The van der Waals surface area contributed by atoms with E-state index in [-0.39, 0.29) is 12.4 Å². The third-order valence-electron chi connectivity index (χ3n) is 6.03. The molecule has 5 nitrogen and oxygen atoms in total. The van der Waals surface area contributed by atoms with Crippen LogP contribution in [-0.4, -0.2) is 49.5 Å². The first-order valence-corrected chi connectivity index (χ1v) is 11.7. The number of halogens is 1. The maximum Gasteiger partial charge on any atom is 0.161 e. The Morgan fingerprint density at radius 1 is 1.00 bits per heavy atom. The summed E-state index contributed by atoms with van der Waals surface area (Å²) in [5.41, 5.74) is 3.04. The Morgan fingerprint density at radius 2 is 1.75 bits per heavy atom. The Kier molecular flexibility index (Phi) is 9.78. The number of aliphatic hydroxyl groups excluding tert-OH is 1. The Balaban J connectivity index is 1.51. The highest BCUT2D eigenvalue weighted by atomic mass is 19.1. The fourth-order valence-corrected chi connectivity index (χ4v) is 4.15. The monoisotopic (exact) mass is 444 g/mol. The molecule has 3 rings (SSSR count). The number of aryl methyl sites for hydroxylation is 1. The van der Waals surface area contributed by atoms with Crippen LogP contribution in [0, 0.1) is 12.7 Å². The number of benzene rings is 2. The van der Waals surface area contributed by atoms with E-state index in [1.807, 2.05) is 25.1 Å². The van der Waals surface area contributed by atoms with Crippen molar-refractivity contribution in [3.8, 4) is 11.5 Å². The molecule has 1 atom stereocenters. The van der Waals surface area contributed by atoms with E-state index < -0.39 is 6.10 Å². The second-order valence-corrected chi connectivity index (χ2v) is 8.69. The molecular weight excluding hydrogens is 407 g/mol. The molecule has 2 N–H and O–H groups in total. The minimum atomic E-state index is -0.545. The fourth-order valence-electron chi connectivity index (χ4n) is 4.15. The number of nitrogens with one attached hydrogen (secondary N) is 1. The molecule has 0 aromatic heterocycles. The number of likely N-dealkylation sites (tertiary alicyclic amines) is 1. The summed E-state index contributed by atoms with van der Waals surface area (Å²) < 4.78 is 24.9. The molecule has 1 fully saturated rings. The van der Waals surface area contributed by atoms with Crippen molar-refractivity contribution in [3.05, 3.63) is 58.9 Å². The summed E-state index contributed by atoms with van der Waals surface area (Å²) in [6, 6.07) is 10.6. The highest BCUT2D eigenvalue weighted by Gasteiger charge is 2.15. The molecule has 2 aromatic rings. The summed E-state index contributed by atoms with van der Waals surface area (Å²) in [4.78, 5) is 2.35. The molecule has 2 aromatic carbocycles. The van der Waals surface area contributed by atoms with Gasteiger partial charge in [0.25, 0.3) is 0 Å². The zero-order valence-corrected chi connectivity index (χ0v) is 19.4. The van der Waals surface area contributed by atoms with Gasteiger partial charge in [0.05, 0.1) is 7.11 Å². The number of ether oxygens (including phenoxy) is 2. The third kappa shape index (κ3) is 7.76. The molecule has 1 heterocycles. The van der Waals surface area contributed by atoms with Gasteiger partial charge in [0.15, 0.2) is 11.5 Å². The molecule has 0 spiro atoms. The number of aliphatic hydroxyl groups is 1. The molecule has 6 heteroatoms. The molecule has 0 amide bonds. The molecule has 32 heavy (non-hydrogen) atoms. The average Bonchev–Trinajstić information content (AvgIpc) is 2.76. The first-order valence-electron chi connectivity index (χ1n) is 11.7. The van der Waals surface area contributed by atoms with Crippen LogP contribution in [0.1, 0.15) is 48.8 Å². The van der Waals surface area contributed by atoms with E-state index in [4.69, 9.17) is 9.47 Å². The highest BCUT2D eigenvalue weighted by Crippen LogP contribution is 2.28. The van der Waals surface area contributed by atoms with Crippen LogP contribution in [0.25, 0.3) is 0 Å². The van der Waals surface area contributed by atoms with Gasteiger partial charge in [-0.2, -0.15) is 0 Å². The fraction of sp³-hybridized carbons (Fsp3) is 0.538. The summed E-state index contributed by atoms with van der Waals surface area (Å²) in [6.07, 6.45) is 5.74. The van der Waals surface area contributed by atoms with Crippen LogP contribution in [0.3, 0.4) is 0 Å². The molecule has 0 saturated carbocycles. The van der Waals surface area contributed by atoms with Gasteiger partial charge in [-0.15, -0.1) is 0 Å². The van der Waals surface area contributed by atoms with Gasteiger partial charge in [0, 0.05) is 19.6 Å². The Hall–Kier alpha value is -2.15. The largest absolute Gasteiger partial charge is 0.493 e. The lowest BCUT2D eigenvalue weighted by atomic mass is 10.1. The van der Waals surface area contributed by atoms with Crippen molar-refractivity contribution in [2.45, 2.75) is 58.2 Å². The summed E-state index contributed by atoms with van der Waals surface area (Å²) in [5.74, 6) is 1.05. The standard InChI is InChI=1S/C26H37FN2O3/c1-20-8-10-23(27)15-22(20)17-28-16-21-9-11-25(31-2)26(14-21)32-19-24(30)18-29-12-6-4-3-5-7-13-29/h8-11,14-15,24,28,30H,3-7,12-13,16-19H2,1-2H3/t24-/m0/s1. The number of rotatable bonds is 10. The zero-order chi connectivity index (χ0) is 22.8. The van der Waals surface area contributed by atoms with E-state index in [2.05, 4.69) is 10.2 Å². The molecule has 1 aliphatic rings. The Bertz CT molecular complexity index is 838. The van der Waals surface area contributed by atoms with Crippen LogP contribution in [0.2, 0.25) is 0 Å². The lowest BCUT2D eigenvalue weighted by Crippen LogP contribution is -2.37. The molecule has 0 bridgehead atoms. The zero-order valence-electron chi connectivity index (χ0n) is 19.4. The van der Waals surface area contributed by atoms with Gasteiger partial charge in [-0.3, -0.25) is 0 Å². The third-order valence-corrected chi connectivity index (χ3v) is 6.03. The van der Waals surface area contributed by atoms with E-state index >= 15 is 0 Å². The molecule has 0 unspecified atom stereocenters. The summed E-state index contributed by atoms with van der Waals surface area (Å²) >= 11 is 0. The summed E-state index contributed by atoms with van der Waals surface area (Å²) in [6.45, 7) is 6.14. The van der Waals surface area contributed by atoms with Gasteiger partial charge in [-0.05, 0) is 73.8 Å². The molecule has 0 aliphatic carbocycles. The van der Waals surface area contributed by atoms with E-state index in [1.54, 1.807) is 19.2 Å². The van der Waals surface area contributed by atoms with Gasteiger partial charge in [0.2, 0.25) is 0 Å². The summed E-state index contributed by atoms with van der Waals surface area (Å²) in [5, 5.41) is 13.9. The maximum absolute atomic E-state index is 13.5. The van der Waals surface area contributed by atoms with Crippen LogP contribution in [0.5, 0.6) is 11.5 Å². The Morgan fingerprint density at radius 3 is 2.50 bits per heavy atom. The van der Waals surface area contributed by atoms with Gasteiger partial charge in [-0.1, -0.05) is 31.4 Å². The molecule has 1 aliphatic heterocycles. The van der Waals surface area contributed by atoms with Crippen molar-refractivity contribution in [1.29, 1.82) is 0 Å². The molecule has 1 saturated heterocycles. The molecular formula is C26H37FN2O3. The lowest BCUT2D eigenvalue weighted by molar-refractivity contribution is 0.0644. The molecule has 176 valence electrons. The second-order valence-electron chi connectivity index (χ2n) is 8.69. The SMILES string of the molecule is COc1ccc(CNCc2cc(F)ccc2C)cc1OC[C@@H](O)CN1CCCCCCC1. The van der Waals surface area contributed by atoms with Crippen molar-refractivity contribution < 1.29 is 19.0 Å². The van der Waals surface area contributed by atoms with E-state index in [1.165, 1.54) is 38.2 Å². The minimum absolute atomic E-state index is 0.221. The number of β-amino-alcohol motifs (C(OH)–C–C–N with tert-alkyl or cyclic N) is 1. The predicted molar refractivity (Wildman–Crippen MR) is 126 cm³/mol. The van der Waals surface area contributed by atoms with Crippen molar-refractivity contribution in [1.82, 2.24) is 10.2 Å². The van der Waals surface area contributed by atoms with Gasteiger partial charge in [0.1, 0.15) is 18.5 Å². The second kappa shape index (κ2) is 12.8. The smallest absolute Gasteiger partial charge is 0.161 e. The van der Waals surface area contributed by atoms with Crippen LogP contribution in [0.4, 0.5) is 4.39 Å². The number of hydrogen-bond acceptors (Lipinski definition) is 5. The van der Waals surface area contributed by atoms with Crippen molar-refractivity contribution in [2.75, 3.05) is 33.4 Å². The van der Waals surface area contributed by atoms with Crippen LogP contribution in [-0.2, 0) is 13.1 Å². The van der Waals surface area contributed by atoms with E-state index in [9.17, 15) is 9.50 Å². The Labute approximate surface area is 191 Å². The first-order chi connectivity index (χ1) is 15.5. The van der Waals surface area contributed by atoms with Gasteiger partial charge >= 0.3 is 0 Å². The van der Waals surface area contributed by atoms with Crippen LogP contribution >= 0.6 is 0 Å². The number of hydrogen-bond donors (Lipinski definition) is 2.